The van der Waals surface area contributed by atoms with Crippen LogP contribution in [0.25, 0.3) is 10.2 Å². The quantitative estimate of drug-likeness (QED) is 0.250. The van der Waals surface area contributed by atoms with Crippen LogP contribution in [0.15, 0.2) is 41.3 Å². The van der Waals surface area contributed by atoms with Gasteiger partial charge in [0.2, 0.25) is 5.91 Å². The average Bonchev–Trinajstić information content (AvgIpc) is 3.13. The molecule has 0 N–H and O–H groups in total. The van der Waals surface area contributed by atoms with Crippen molar-refractivity contribution in [1.29, 1.82) is 0 Å². The number of rotatable bonds is 10. The molecular formula is C24H30ClN3OS2. The summed E-state index contributed by atoms with van der Waals surface area (Å²) in [5, 5.41) is 1.56. The first-order chi connectivity index (χ1) is 14.8. The largest absolute Gasteiger partial charge is 0.309 e. The van der Waals surface area contributed by atoms with E-state index in [-0.39, 0.29) is 5.91 Å². The van der Waals surface area contributed by atoms with Gasteiger partial charge in [0.25, 0.3) is 0 Å². The number of aryl methyl sites for hydroxylation is 2. The summed E-state index contributed by atoms with van der Waals surface area (Å²) in [7, 11) is 4.12. The van der Waals surface area contributed by atoms with E-state index in [9.17, 15) is 4.79 Å². The first-order valence-corrected chi connectivity index (χ1v) is 12.7. The second kappa shape index (κ2) is 11.3. The molecule has 0 bridgehead atoms. The zero-order valence-electron chi connectivity index (χ0n) is 18.7. The summed E-state index contributed by atoms with van der Waals surface area (Å²) in [5.74, 6) is 1.06. The Hall–Kier alpha value is -1.60. The molecule has 0 fully saturated rings. The second-order valence-corrected chi connectivity index (χ2v) is 10.6. The molecule has 3 rings (SSSR count). The number of thiazole rings is 1. The molecule has 7 heteroatoms. The van der Waals surface area contributed by atoms with Crippen LogP contribution in [0, 0.1) is 13.8 Å². The van der Waals surface area contributed by atoms with Crippen molar-refractivity contribution >= 4 is 56.0 Å². The maximum atomic E-state index is 13.2. The van der Waals surface area contributed by atoms with E-state index in [1.165, 1.54) is 20.7 Å². The highest BCUT2D eigenvalue weighted by molar-refractivity contribution is 7.99. The zero-order valence-corrected chi connectivity index (χ0v) is 21.0. The van der Waals surface area contributed by atoms with E-state index in [1.807, 2.05) is 29.2 Å². The molecule has 0 spiro atoms. The van der Waals surface area contributed by atoms with Gasteiger partial charge < -0.3 is 4.90 Å². The number of hydrogen-bond acceptors (Lipinski definition) is 5. The van der Waals surface area contributed by atoms with Gasteiger partial charge in [0.05, 0.1) is 10.2 Å². The van der Waals surface area contributed by atoms with Crippen molar-refractivity contribution < 1.29 is 4.79 Å². The smallest absolute Gasteiger partial charge is 0.228 e. The van der Waals surface area contributed by atoms with Gasteiger partial charge in [0, 0.05) is 22.9 Å². The Bertz CT molecular complexity index is 1020. The molecule has 3 aromatic rings. The van der Waals surface area contributed by atoms with Crippen molar-refractivity contribution in [3.8, 4) is 0 Å². The van der Waals surface area contributed by atoms with Gasteiger partial charge in [0.1, 0.15) is 0 Å². The minimum Gasteiger partial charge on any atom is -0.309 e. The van der Waals surface area contributed by atoms with Crippen molar-refractivity contribution in [3.05, 3.63) is 52.5 Å². The topological polar surface area (TPSA) is 36.4 Å². The fourth-order valence-corrected chi connectivity index (χ4v) is 5.47. The number of carbonyl (C=O) groups is 1. The maximum absolute atomic E-state index is 13.2. The van der Waals surface area contributed by atoms with Crippen LogP contribution < -0.4 is 4.90 Å². The Morgan fingerprint density at radius 2 is 1.84 bits per heavy atom. The molecule has 0 unspecified atom stereocenters. The van der Waals surface area contributed by atoms with Crippen LogP contribution in [0.1, 0.15) is 30.4 Å². The van der Waals surface area contributed by atoms with E-state index < -0.39 is 0 Å². The van der Waals surface area contributed by atoms with E-state index in [4.69, 9.17) is 16.6 Å². The van der Waals surface area contributed by atoms with Crippen LogP contribution in [0.4, 0.5) is 5.13 Å². The standard InChI is InChI=1S/C24H30ClN3OS2/c1-17-15-18(2)23-21(16-17)26-24(31-23)28(13-6-12-27(3)4)22(29)7-5-14-30-20-10-8-19(25)9-11-20/h8-11,15-16H,5-7,12-14H2,1-4H3. The Labute approximate surface area is 198 Å². The van der Waals surface area contributed by atoms with Gasteiger partial charge in [-0.1, -0.05) is 29.0 Å². The predicted octanol–water partition coefficient (Wildman–Crippen LogP) is 6.42. The number of nitrogens with zero attached hydrogens (tertiary/aromatic N) is 3. The van der Waals surface area contributed by atoms with Gasteiger partial charge in [-0.3, -0.25) is 9.69 Å². The van der Waals surface area contributed by atoms with Crippen molar-refractivity contribution in [2.45, 2.75) is 38.0 Å². The third kappa shape index (κ3) is 6.94. The van der Waals surface area contributed by atoms with Crippen LogP contribution in [-0.2, 0) is 4.79 Å². The molecule has 166 valence electrons. The first kappa shape index (κ1) is 24.1. The van der Waals surface area contributed by atoms with Gasteiger partial charge >= 0.3 is 0 Å². The number of halogens is 1. The van der Waals surface area contributed by atoms with Crippen LogP contribution in [-0.4, -0.2) is 48.7 Å². The molecule has 1 aromatic heterocycles. The molecule has 0 aliphatic rings. The Kier molecular flexibility index (Phi) is 8.78. The number of carbonyl (C=O) groups excluding carboxylic acids is 1. The summed E-state index contributed by atoms with van der Waals surface area (Å²) in [5.41, 5.74) is 3.41. The van der Waals surface area contributed by atoms with E-state index in [2.05, 4.69) is 45.0 Å². The summed E-state index contributed by atoms with van der Waals surface area (Å²) < 4.78 is 1.17. The third-order valence-corrected chi connectivity index (χ3v) is 7.52. The lowest BCUT2D eigenvalue weighted by Gasteiger charge is -2.21. The third-order valence-electron chi connectivity index (χ3n) is 4.95. The summed E-state index contributed by atoms with van der Waals surface area (Å²) in [6.07, 6.45) is 2.28. The zero-order chi connectivity index (χ0) is 22.4. The molecule has 4 nitrogen and oxygen atoms in total. The van der Waals surface area contributed by atoms with E-state index in [0.717, 1.165) is 40.8 Å². The highest BCUT2D eigenvalue weighted by Gasteiger charge is 2.20. The number of hydrogen-bond donors (Lipinski definition) is 0. The van der Waals surface area contributed by atoms with Crippen LogP contribution >= 0.6 is 34.7 Å². The number of anilines is 1. The number of thioether (sulfide) groups is 1. The molecule has 0 aliphatic carbocycles. The summed E-state index contributed by atoms with van der Waals surface area (Å²) in [4.78, 5) is 23.2. The number of aromatic nitrogens is 1. The molecule has 0 saturated heterocycles. The number of fused-ring (bicyclic) bond motifs is 1. The molecule has 0 radical (unpaired) electrons. The van der Waals surface area contributed by atoms with E-state index >= 15 is 0 Å². The molecule has 0 saturated carbocycles. The molecule has 1 amide bonds. The summed E-state index contributed by atoms with van der Waals surface area (Å²) in [6.45, 7) is 5.84. The molecular weight excluding hydrogens is 446 g/mol. The van der Waals surface area contributed by atoms with Crippen LogP contribution in [0.2, 0.25) is 5.02 Å². The van der Waals surface area contributed by atoms with Gasteiger partial charge in [-0.15, -0.1) is 11.8 Å². The fraction of sp³-hybridized carbons (Fsp3) is 0.417. The van der Waals surface area contributed by atoms with Crippen LogP contribution in [0.5, 0.6) is 0 Å². The Balaban J connectivity index is 1.66. The van der Waals surface area contributed by atoms with Gasteiger partial charge in [-0.25, -0.2) is 4.98 Å². The highest BCUT2D eigenvalue weighted by atomic mass is 35.5. The minimum absolute atomic E-state index is 0.156. The summed E-state index contributed by atoms with van der Waals surface area (Å²) in [6, 6.07) is 12.1. The van der Waals surface area contributed by atoms with Crippen molar-refractivity contribution in [2.24, 2.45) is 0 Å². The molecule has 31 heavy (non-hydrogen) atoms. The highest BCUT2D eigenvalue weighted by Crippen LogP contribution is 2.32. The summed E-state index contributed by atoms with van der Waals surface area (Å²) >= 11 is 9.34. The minimum atomic E-state index is 0.156. The lowest BCUT2D eigenvalue weighted by atomic mass is 10.1. The number of amides is 1. The SMILES string of the molecule is Cc1cc(C)c2sc(N(CCCN(C)C)C(=O)CCCSc3ccc(Cl)cc3)nc2c1. The molecule has 2 aromatic carbocycles. The second-order valence-electron chi connectivity index (χ2n) is 8.03. The normalized spacial score (nSPS) is 11.4. The fourth-order valence-electron chi connectivity index (χ4n) is 3.43. The van der Waals surface area contributed by atoms with Crippen molar-refractivity contribution in [1.82, 2.24) is 9.88 Å². The van der Waals surface area contributed by atoms with Crippen molar-refractivity contribution in [2.75, 3.05) is 37.8 Å². The van der Waals surface area contributed by atoms with Gasteiger partial charge in [-0.05, 0) is 94.5 Å². The molecule has 1 heterocycles. The van der Waals surface area contributed by atoms with Gasteiger partial charge in [0.15, 0.2) is 5.13 Å². The molecule has 0 aliphatic heterocycles. The van der Waals surface area contributed by atoms with E-state index in [0.29, 0.717) is 13.0 Å². The monoisotopic (exact) mass is 475 g/mol. The van der Waals surface area contributed by atoms with Crippen LogP contribution in [0.3, 0.4) is 0 Å². The Morgan fingerprint density at radius 1 is 1.10 bits per heavy atom. The molecule has 0 atom stereocenters. The van der Waals surface area contributed by atoms with E-state index in [1.54, 1.807) is 23.1 Å². The maximum Gasteiger partial charge on any atom is 0.228 e. The average molecular weight is 476 g/mol. The Morgan fingerprint density at radius 3 is 2.55 bits per heavy atom. The van der Waals surface area contributed by atoms with Crippen molar-refractivity contribution in [3.63, 3.8) is 0 Å². The lowest BCUT2D eigenvalue weighted by molar-refractivity contribution is -0.118. The predicted molar refractivity (Wildman–Crippen MR) is 136 cm³/mol. The van der Waals surface area contributed by atoms with Gasteiger partial charge in [-0.2, -0.15) is 0 Å². The lowest BCUT2D eigenvalue weighted by Crippen LogP contribution is -2.33. The first-order valence-electron chi connectivity index (χ1n) is 10.5. The number of benzene rings is 2.